The van der Waals surface area contributed by atoms with E-state index in [9.17, 15) is 9.18 Å². The number of rotatable bonds is 6. The Hall–Kier alpha value is -2.52. The van der Waals surface area contributed by atoms with Crippen molar-refractivity contribution in [2.24, 2.45) is 7.05 Å². The van der Waals surface area contributed by atoms with Crippen LogP contribution in [-0.4, -0.2) is 22.1 Å². The van der Waals surface area contributed by atoms with Gasteiger partial charge in [0.25, 0.3) is 5.91 Å². The van der Waals surface area contributed by atoms with Gasteiger partial charge in [0.1, 0.15) is 11.3 Å². The zero-order chi connectivity index (χ0) is 19.6. The first kappa shape index (κ1) is 19.2. The molecule has 0 saturated heterocycles. The molecule has 0 radical (unpaired) electrons. The summed E-state index contributed by atoms with van der Waals surface area (Å²) in [5.41, 5.74) is 2.59. The molecule has 27 heavy (non-hydrogen) atoms. The van der Waals surface area contributed by atoms with Gasteiger partial charge in [0.05, 0.1) is 35.4 Å². The lowest BCUT2D eigenvalue weighted by molar-refractivity contribution is 0.0315. The van der Waals surface area contributed by atoms with Crippen molar-refractivity contribution in [2.75, 3.05) is 11.9 Å². The molecule has 0 aliphatic heterocycles. The molecule has 2 N–H and O–H groups in total. The minimum atomic E-state index is -0.754. The third-order valence-corrected chi connectivity index (χ3v) is 4.36. The molecule has 1 amide bonds. The predicted molar refractivity (Wildman–Crippen MR) is 102 cm³/mol. The van der Waals surface area contributed by atoms with E-state index in [0.717, 1.165) is 0 Å². The van der Waals surface area contributed by atoms with Crippen LogP contribution in [0, 0.1) is 11.6 Å². The molecule has 0 atom stereocenters. The predicted octanol–water partition coefficient (Wildman–Crippen LogP) is 4.43. The van der Waals surface area contributed by atoms with E-state index in [-0.39, 0.29) is 22.5 Å². The van der Waals surface area contributed by atoms with Crippen LogP contribution in [0.25, 0.3) is 11.0 Å². The molecule has 0 spiro atoms. The second-order valence-electron chi connectivity index (χ2n) is 5.87. The van der Waals surface area contributed by atoms with Gasteiger partial charge in [0, 0.05) is 11.5 Å². The van der Waals surface area contributed by atoms with Crippen molar-refractivity contribution < 1.29 is 18.4 Å². The van der Waals surface area contributed by atoms with E-state index in [1.165, 1.54) is 24.5 Å². The molecule has 1 aromatic heterocycles. The molecular formula is C18H17BrF2N4O2. The molecule has 0 aliphatic rings. The number of aromatic nitrogens is 2. The molecule has 1 heterocycles. The molecule has 3 aromatic rings. The minimum absolute atomic E-state index is 0.0240. The van der Waals surface area contributed by atoms with Gasteiger partial charge in [-0.15, -0.1) is 0 Å². The molecule has 6 nitrogen and oxygen atoms in total. The van der Waals surface area contributed by atoms with Crippen LogP contribution in [0.5, 0.6) is 0 Å². The maximum atomic E-state index is 15.1. The maximum absolute atomic E-state index is 15.1. The highest BCUT2D eigenvalue weighted by Gasteiger charge is 2.22. The molecule has 142 valence electrons. The number of amides is 1. The summed E-state index contributed by atoms with van der Waals surface area (Å²) in [4.78, 5) is 21.6. The SMILES string of the molecule is CCCONC(=O)c1cc2c(ncn2C)c(F)c1Nc1ccc(Br)cc1F. The summed E-state index contributed by atoms with van der Waals surface area (Å²) in [6.07, 6.45) is 2.14. The van der Waals surface area contributed by atoms with Gasteiger partial charge in [0.15, 0.2) is 5.82 Å². The number of hydroxylamine groups is 1. The number of nitrogens with zero attached hydrogens (tertiary/aromatic N) is 2. The lowest BCUT2D eigenvalue weighted by atomic mass is 10.1. The van der Waals surface area contributed by atoms with Gasteiger partial charge < -0.3 is 9.88 Å². The van der Waals surface area contributed by atoms with Crippen LogP contribution in [0.2, 0.25) is 0 Å². The number of halogens is 3. The molecule has 0 bridgehead atoms. The zero-order valence-electron chi connectivity index (χ0n) is 14.6. The fourth-order valence-corrected chi connectivity index (χ4v) is 2.86. The van der Waals surface area contributed by atoms with Crippen LogP contribution in [-0.2, 0) is 11.9 Å². The second kappa shape index (κ2) is 8.01. The van der Waals surface area contributed by atoms with Crippen molar-refractivity contribution >= 4 is 44.2 Å². The van der Waals surface area contributed by atoms with Crippen LogP contribution >= 0.6 is 15.9 Å². The first-order valence-corrected chi connectivity index (χ1v) is 8.99. The molecule has 9 heteroatoms. The number of anilines is 2. The Bertz CT molecular complexity index is 1010. The summed E-state index contributed by atoms with van der Waals surface area (Å²) in [6.45, 7) is 2.20. The molecule has 0 unspecified atom stereocenters. The van der Waals surface area contributed by atoms with E-state index in [0.29, 0.717) is 23.0 Å². The number of imidazole rings is 1. The number of carbonyl (C=O) groups excluding carboxylic acids is 1. The molecule has 0 fully saturated rings. The van der Waals surface area contributed by atoms with Crippen molar-refractivity contribution in [2.45, 2.75) is 13.3 Å². The summed E-state index contributed by atoms with van der Waals surface area (Å²) in [7, 11) is 1.69. The largest absolute Gasteiger partial charge is 0.350 e. The molecule has 0 saturated carbocycles. The topological polar surface area (TPSA) is 68.2 Å². The van der Waals surface area contributed by atoms with Crippen LogP contribution in [0.3, 0.4) is 0 Å². The number of fused-ring (bicyclic) bond motifs is 1. The number of carbonyl (C=O) groups is 1. The summed E-state index contributed by atoms with van der Waals surface area (Å²) in [5.74, 6) is -2.00. The number of benzene rings is 2. The summed E-state index contributed by atoms with van der Waals surface area (Å²) < 4.78 is 31.4. The third-order valence-electron chi connectivity index (χ3n) is 3.87. The summed E-state index contributed by atoms with van der Waals surface area (Å²) in [6, 6.07) is 5.77. The van der Waals surface area contributed by atoms with Gasteiger partial charge in [-0.3, -0.25) is 9.63 Å². The monoisotopic (exact) mass is 438 g/mol. The highest BCUT2D eigenvalue weighted by Crippen LogP contribution is 2.32. The van der Waals surface area contributed by atoms with Gasteiger partial charge >= 0.3 is 0 Å². The first-order chi connectivity index (χ1) is 12.9. The van der Waals surface area contributed by atoms with Crippen LogP contribution in [0.15, 0.2) is 35.1 Å². The Labute approximate surface area is 162 Å². The quantitative estimate of drug-likeness (QED) is 0.441. The fraction of sp³-hybridized carbons (Fsp3) is 0.222. The summed E-state index contributed by atoms with van der Waals surface area (Å²) >= 11 is 3.17. The molecular weight excluding hydrogens is 422 g/mol. The lowest BCUT2D eigenvalue weighted by Crippen LogP contribution is -2.25. The normalized spacial score (nSPS) is 11.0. The van der Waals surface area contributed by atoms with Crippen molar-refractivity contribution in [3.05, 3.63) is 52.3 Å². The second-order valence-corrected chi connectivity index (χ2v) is 6.78. The molecule has 3 rings (SSSR count). The van der Waals surface area contributed by atoms with E-state index in [2.05, 4.69) is 31.7 Å². The minimum Gasteiger partial charge on any atom is -0.350 e. The molecule has 0 aliphatic carbocycles. The Kier molecular flexibility index (Phi) is 5.71. The van der Waals surface area contributed by atoms with Gasteiger partial charge in [-0.05, 0) is 30.7 Å². The van der Waals surface area contributed by atoms with Crippen molar-refractivity contribution in [3.8, 4) is 0 Å². The average Bonchev–Trinajstić information content (AvgIpc) is 3.00. The Morgan fingerprint density at radius 2 is 2.11 bits per heavy atom. The van der Waals surface area contributed by atoms with E-state index in [1.807, 2.05) is 6.92 Å². The average molecular weight is 439 g/mol. The Morgan fingerprint density at radius 1 is 1.33 bits per heavy atom. The van der Waals surface area contributed by atoms with Gasteiger partial charge in [-0.2, -0.15) is 0 Å². The number of hydrogen-bond donors (Lipinski definition) is 2. The van der Waals surface area contributed by atoms with Crippen molar-refractivity contribution in [1.82, 2.24) is 15.0 Å². The van der Waals surface area contributed by atoms with Crippen LogP contribution < -0.4 is 10.8 Å². The summed E-state index contributed by atoms with van der Waals surface area (Å²) in [5, 5.41) is 2.67. The Morgan fingerprint density at radius 3 is 2.81 bits per heavy atom. The fourth-order valence-electron chi connectivity index (χ4n) is 2.52. The zero-order valence-corrected chi connectivity index (χ0v) is 16.2. The standard InChI is InChI=1S/C18H17BrF2N4O2/c1-3-6-27-24-18(26)11-8-14-17(22-9-25(14)2)15(21)16(11)23-13-5-4-10(19)7-12(13)20/h4-5,7-9,23H,3,6H2,1-2H3,(H,24,26). The highest BCUT2D eigenvalue weighted by molar-refractivity contribution is 9.10. The van der Waals surface area contributed by atoms with Crippen LogP contribution in [0.1, 0.15) is 23.7 Å². The van der Waals surface area contributed by atoms with Crippen molar-refractivity contribution in [3.63, 3.8) is 0 Å². The van der Waals surface area contributed by atoms with Gasteiger partial charge in [-0.25, -0.2) is 19.2 Å². The van der Waals surface area contributed by atoms with E-state index < -0.39 is 17.5 Å². The van der Waals surface area contributed by atoms with E-state index in [4.69, 9.17) is 4.84 Å². The first-order valence-electron chi connectivity index (χ1n) is 8.20. The lowest BCUT2D eigenvalue weighted by Gasteiger charge is -2.15. The maximum Gasteiger partial charge on any atom is 0.277 e. The number of aryl methyl sites for hydroxylation is 1. The van der Waals surface area contributed by atoms with Crippen molar-refractivity contribution in [1.29, 1.82) is 0 Å². The smallest absolute Gasteiger partial charge is 0.277 e. The Balaban J connectivity index is 2.09. The number of hydrogen-bond acceptors (Lipinski definition) is 4. The third kappa shape index (κ3) is 3.93. The van der Waals surface area contributed by atoms with E-state index >= 15 is 4.39 Å². The highest BCUT2D eigenvalue weighted by atomic mass is 79.9. The molecule has 2 aromatic carbocycles. The van der Waals surface area contributed by atoms with E-state index in [1.54, 1.807) is 17.7 Å². The number of nitrogens with one attached hydrogen (secondary N) is 2. The van der Waals surface area contributed by atoms with Gasteiger partial charge in [0.2, 0.25) is 0 Å². The van der Waals surface area contributed by atoms with Gasteiger partial charge in [-0.1, -0.05) is 22.9 Å². The van der Waals surface area contributed by atoms with Crippen LogP contribution in [0.4, 0.5) is 20.2 Å².